The Kier molecular flexibility index (Phi) is 3.56. The standard InChI is InChI=1S/C15H16ClN5O/c16-14-17-9-18-15(20-14)19-12-1-3-13(4-2-12)21-5-10-7-22-8-11(10)6-21/h1-4,9-11H,5-8H2,(H,17,18,19,20). The first kappa shape index (κ1) is 13.7. The van der Waals surface area contributed by atoms with Crippen molar-refractivity contribution in [2.75, 3.05) is 36.5 Å². The summed E-state index contributed by atoms with van der Waals surface area (Å²) in [5.74, 6) is 1.82. The van der Waals surface area contributed by atoms with Gasteiger partial charge in [-0.1, -0.05) is 0 Å². The van der Waals surface area contributed by atoms with Crippen LogP contribution in [0.5, 0.6) is 0 Å². The Morgan fingerprint density at radius 3 is 2.50 bits per heavy atom. The average Bonchev–Trinajstić information content (AvgIpc) is 3.09. The molecule has 22 heavy (non-hydrogen) atoms. The van der Waals surface area contributed by atoms with Crippen molar-refractivity contribution in [2.24, 2.45) is 11.8 Å². The minimum atomic E-state index is 0.181. The number of fused-ring (bicyclic) bond motifs is 1. The molecule has 114 valence electrons. The maximum absolute atomic E-state index is 5.75. The van der Waals surface area contributed by atoms with E-state index in [-0.39, 0.29) is 5.28 Å². The Morgan fingerprint density at radius 2 is 1.82 bits per heavy atom. The van der Waals surface area contributed by atoms with Crippen LogP contribution in [-0.2, 0) is 4.74 Å². The summed E-state index contributed by atoms with van der Waals surface area (Å²) in [6.45, 7) is 3.98. The molecule has 2 aliphatic heterocycles. The van der Waals surface area contributed by atoms with Gasteiger partial charge in [-0.05, 0) is 35.9 Å². The zero-order valence-corrected chi connectivity index (χ0v) is 12.7. The molecule has 2 aliphatic rings. The normalized spacial score (nSPS) is 23.6. The van der Waals surface area contributed by atoms with Gasteiger partial charge in [0.25, 0.3) is 0 Å². The third-order valence-corrected chi connectivity index (χ3v) is 4.45. The third kappa shape index (κ3) is 2.71. The van der Waals surface area contributed by atoms with Crippen molar-refractivity contribution in [3.05, 3.63) is 35.9 Å². The predicted octanol–water partition coefficient (Wildman–Crippen LogP) is 2.35. The van der Waals surface area contributed by atoms with E-state index in [1.807, 2.05) is 12.1 Å². The summed E-state index contributed by atoms with van der Waals surface area (Å²) in [5, 5.41) is 3.30. The van der Waals surface area contributed by atoms with E-state index in [9.17, 15) is 0 Å². The van der Waals surface area contributed by atoms with Crippen molar-refractivity contribution in [2.45, 2.75) is 0 Å². The lowest BCUT2D eigenvalue weighted by molar-refractivity contribution is 0.177. The maximum atomic E-state index is 5.75. The Morgan fingerprint density at radius 1 is 1.09 bits per heavy atom. The van der Waals surface area contributed by atoms with Crippen molar-refractivity contribution < 1.29 is 4.74 Å². The van der Waals surface area contributed by atoms with Crippen molar-refractivity contribution in [3.63, 3.8) is 0 Å². The van der Waals surface area contributed by atoms with Gasteiger partial charge < -0.3 is 15.0 Å². The number of benzene rings is 1. The SMILES string of the molecule is Clc1ncnc(Nc2ccc(N3CC4COCC4C3)cc2)n1. The first-order valence-corrected chi connectivity index (χ1v) is 7.70. The summed E-state index contributed by atoms with van der Waals surface area (Å²) in [6.07, 6.45) is 1.39. The van der Waals surface area contributed by atoms with E-state index in [4.69, 9.17) is 16.3 Å². The molecular weight excluding hydrogens is 302 g/mol. The van der Waals surface area contributed by atoms with E-state index in [2.05, 4.69) is 37.3 Å². The molecular formula is C15H16ClN5O. The maximum Gasteiger partial charge on any atom is 0.231 e. The fourth-order valence-corrected chi connectivity index (χ4v) is 3.24. The molecule has 4 rings (SSSR count). The van der Waals surface area contributed by atoms with Crippen LogP contribution >= 0.6 is 11.6 Å². The molecule has 2 aromatic rings. The van der Waals surface area contributed by atoms with Gasteiger partial charge in [0.05, 0.1) is 13.2 Å². The van der Waals surface area contributed by atoms with Crippen molar-refractivity contribution in [1.29, 1.82) is 0 Å². The second kappa shape index (κ2) is 5.70. The number of hydrogen-bond acceptors (Lipinski definition) is 6. The van der Waals surface area contributed by atoms with E-state index in [0.717, 1.165) is 32.0 Å². The summed E-state index contributed by atoms with van der Waals surface area (Å²) in [7, 11) is 0. The zero-order valence-electron chi connectivity index (χ0n) is 11.9. The topological polar surface area (TPSA) is 63.2 Å². The van der Waals surface area contributed by atoms with Crippen molar-refractivity contribution in [3.8, 4) is 0 Å². The number of hydrogen-bond donors (Lipinski definition) is 1. The van der Waals surface area contributed by atoms with Gasteiger partial charge in [-0.2, -0.15) is 4.98 Å². The Labute approximate surface area is 133 Å². The lowest BCUT2D eigenvalue weighted by atomic mass is 10.0. The number of anilines is 3. The number of halogens is 1. The summed E-state index contributed by atoms with van der Waals surface area (Å²) < 4.78 is 5.52. The lowest BCUT2D eigenvalue weighted by Crippen LogP contribution is -2.21. The highest BCUT2D eigenvalue weighted by atomic mass is 35.5. The molecule has 2 fully saturated rings. The highest BCUT2D eigenvalue weighted by Crippen LogP contribution is 2.33. The molecule has 0 amide bonds. The van der Waals surface area contributed by atoms with Crippen molar-refractivity contribution in [1.82, 2.24) is 15.0 Å². The molecule has 2 saturated heterocycles. The Balaban J connectivity index is 1.44. The summed E-state index contributed by atoms with van der Waals surface area (Å²) >= 11 is 5.75. The highest BCUT2D eigenvalue weighted by Gasteiger charge is 2.37. The molecule has 0 spiro atoms. The van der Waals surface area contributed by atoms with Crippen LogP contribution in [0.1, 0.15) is 0 Å². The quantitative estimate of drug-likeness (QED) is 0.937. The Hall–Kier alpha value is -1.92. The van der Waals surface area contributed by atoms with E-state index in [0.29, 0.717) is 17.8 Å². The molecule has 6 nitrogen and oxygen atoms in total. The number of aromatic nitrogens is 3. The molecule has 1 N–H and O–H groups in total. The predicted molar refractivity (Wildman–Crippen MR) is 84.6 cm³/mol. The zero-order chi connectivity index (χ0) is 14.9. The molecule has 1 aromatic heterocycles. The van der Waals surface area contributed by atoms with Crippen molar-refractivity contribution >= 4 is 28.9 Å². The minimum Gasteiger partial charge on any atom is -0.381 e. The average molecular weight is 318 g/mol. The van der Waals surface area contributed by atoms with Crippen LogP contribution < -0.4 is 10.2 Å². The van der Waals surface area contributed by atoms with Gasteiger partial charge in [-0.25, -0.2) is 9.97 Å². The van der Waals surface area contributed by atoms with Gasteiger partial charge >= 0.3 is 0 Å². The monoisotopic (exact) mass is 317 g/mol. The molecule has 0 saturated carbocycles. The molecule has 1 aromatic carbocycles. The van der Waals surface area contributed by atoms with Crippen LogP contribution in [-0.4, -0.2) is 41.3 Å². The summed E-state index contributed by atoms with van der Waals surface area (Å²) in [5.41, 5.74) is 2.17. The number of nitrogens with one attached hydrogen (secondary N) is 1. The van der Waals surface area contributed by atoms with Crippen LogP contribution in [0.2, 0.25) is 5.28 Å². The minimum absolute atomic E-state index is 0.181. The number of nitrogens with zero attached hydrogens (tertiary/aromatic N) is 4. The molecule has 0 aliphatic carbocycles. The second-order valence-corrected chi connectivity index (χ2v) is 6.05. The first-order chi connectivity index (χ1) is 10.8. The van der Waals surface area contributed by atoms with Crippen LogP contribution in [0.25, 0.3) is 0 Å². The Bertz CT molecular complexity index is 653. The van der Waals surface area contributed by atoms with E-state index in [1.165, 1.54) is 12.0 Å². The van der Waals surface area contributed by atoms with Crippen LogP contribution in [0.4, 0.5) is 17.3 Å². The number of ether oxygens (including phenoxy) is 1. The van der Waals surface area contributed by atoms with Gasteiger partial charge in [0.1, 0.15) is 6.33 Å². The van der Waals surface area contributed by atoms with Gasteiger partial charge in [0.2, 0.25) is 11.2 Å². The fourth-order valence-electron chi connectivity index (χ4n) is 3.12. The van der Waals surface area contributed by atoms with Gasteiger partial charge in [0, 0.05) is 36.3 Å². The molecule has 3 heterocycles. The van der Waals surface area contributed by atoms with Gasteiger partial charge in [-0.3, -0.25) is 0 Å². The highest BCUT2D eigenvalue weighted by molar-refractivity contribution is 6.28. The lowest BCUT2D eigenvalue weighted by Gasteiger charge is -2.20. The van der Waals surface area contributed by atoms with Gasteiger partial charge in [-0.15, -0.1) is 0 Å². The third-order valence-electron chi connectivity index (χ3n) is 4.27. The van der Waals surface area contributed by atoms with E-state index < -0.39 is 0 Å². The van der Waals surface area contributed by atoms with E-state index in [1.54, 1.807) is 0 Å². The summed E-state index contributed by atoms with van der Waals surface area (Å²) in [6, 6.07) is 8.29. The second-order valence-electron chi connectivity index (χ2n) is 5.71. The number of rotatable bonds is 3. The molecule has 2 unspecified atom stereocenters. The molecule has 0 bridgehead atoms. The molecule has 7 heteroatoms. The smallest absolute Gasteiger partial charge is 0.231 e. The van der Waals surface area contributed by atoms with Crippen LogP contribution in [0.3, 0.4) is 0 Å². The first-order valence-electron chi connectivity index (χ1n) is 7.32. The van der Waals surface area contributed by atoms with Crippen LogP contribution in [0, 0.1) is 11.8 Å². The summed E-state index contributed by atoms with van der Waals surface area (Å²) in [4.78, 5) is 14.2. The fraction of sp³-hybridized carbons (Fsp3) is 0.400. The van der Waals surface area contributed by atoms with Gasteiger partial charge in [0.15, 0.2) is 0 Å². The molecule has 2 atom stereocenters. The molecule has 0 radical (unpaired) electrons. The largest absolute Gasteiger partial charge is 0.381 e. The van der Waals surface area contributed by atoms with E-state index >= 15 is 0 Å². The van der Waals surface area contributed by atoms with Crippen LogP contribution in [0.15, 0.2) is 30.6 Å².